The minimum Gasteiger partial charge on any atom is -0.479 e. The van der Waals surface area contributed by atoms with Crippen molar-refractivity contribution in [2.75, 3.05) is 24.5 Å². The zero-order chi connectivity index (χ0) is 35.9. The second-order valence-corrected chi connectivity index (χ2v) is 11.7. The highest BCUT2D eigenvalue weighted by atomic mass is 16.4. The van der Waals surface area contributed by atoms with Crippen LogP contribution in [0.15, 0.2) is 114 Å². The van der Waals surface area contributed by atoms with Gasteiger partial charge in [-0.1, -0.05) is 91.0 Å². The van der Waals surface area contributed by atoms with Crippen molar-refractivity contribution in [2.45, 2.75) is 39.2 Å². The molecule has 0 radical (unpaired) electrons. The van der Waals surface area contributed by atoms with E-state index in [9.17, 15) is 14.7 Å². The number of benzene rings is 4. The predicted octanol–water partition coefficient (Wildman–Crippen LogP) is 6.40. The Balaban J connectivity index is 1.52. The van der Waals surface area contributed by atoms with Crippen molar-refractivity contribution in [1.82, 2.24) is 5.32 Å². The second kappa shape index (κ2) is 18.7. The molecule has 1 amide bonds. The summed E-state index contributed by atoms with van der Waals surface area (Å²) in [6, 6.07) is 32.7. The molecule has 0 heterocycles. The Labute approximate surface area is 294 Å². The number of aryl methyl sites for hydroxylation is 1. The number of hydrogen-bond acceptors (Lipinski definition) is 7. The summed E-state index contributed by atoms with van der Waals surface area (Å²) in [4.78, 5) is 30.5. The molecule has 0 spiro atoms. The third kappa shape index (κ3) is 10.9. The summed E-state index contributed by atoms with van der Waals surface area (Å²) >= 11 is 0. The van der Waals surface area contributed by atoms with Crippen LogP contribution in [0.5, 0.6) is 0 Å². The van der Waals surface area contributed by atoms with E-state index in [1.807, 2.05) is 54.6 Å². The molecule has 0 saturated carbocycles. The molecule has 0 aliphatic heterocycles. The summed E-state index contributed by atoms with van der Waals surface area (Å²) < 4.78 is 0. The van der Waals surface area contributed by atoms with Gasteiger partial charge in [0.05, 0.1) is 11.4 Å². The standard InChI is InChI=1S/C41H45N5O4/c1-3-46(4-2)35-23-14-31(15-24-35)28-45-40(34-21-19-32(20-22-34)36(42)27-37(47)41(49)50)39(43)33-17-12-30(13-18-33)16-25-38(48)44-26-8-11-29-9-6-5-7-10-29/h5-7,9-10,12-25,28,37,42,47H,3-4,8,11,26-27,43H2,1-2H3,(H,44,48)(H,49,50)/b25-16+,40-39-,42-36?,45-28?. The monoisotopic (exact) mass is 671 g/mol. The summed E-state index contributed by atoms with van der Waals surface area (Å²) in [5.74, 6) is -1.53. The van der Waals surface area contributed by atoms with E-state index in [4.69, 9.17) is 21.2 Å². The van der Waals surface area contributed by atoms with Gasteiger partial charge in [-0.05, 0) is 72.7 Å². The lowest BCUT2D eigenvalue weighted by molar-refractivity contribution is -0.146. The third-order valence-corrected chi connectivity index (χ3v) is 8.24. The van der Waals surface area contributed by atoms with E-state index in [-0.39, 0.29) is 18.0 Å². The number of aliphatic carboxylic acids is 1. The molecule has 0 fully saturated rings. The first-order valence-corrected chi connectivity index (χ1v) is 16.8. The summed E-state index contributed by atoms with van der Waals surface area (Å²) in [5, 5.41) is 29.9. The van der Waals surface area contributed by atoms with Gasteiger partial charge >= 0.3 is 5.97 Å². The van der Waals surface area contributed by atoms with Gasteiger partial charge in [-0.15, -0.1) is 0 Å². The van der Waals surface area contributed by atoms with Crippen LogP contribution in [-0.2, 0) is 16.0 Å². The van der Waals surface area contributed by atoms with E-state index < -0.39 is 12.1 Å². The molecular weight excluding hydrogens is 626 g/mol. The second-order valence-electron chi connectivity index (χ2n) is 11.7. The summed E-state index contributed by atoms with van der Waals surface area (Å²) in [7, 11) is 0. The van der Waals surface area contributed by atoms with Gasteiger partial charge < -0.3 is 31.6 Å². The number of anilines is 1. The van der Waals surface area contributed by atoms with Crippen molar-refractivity contribution in [3.63, 3.8) is 0 Å². The molecule has 4 rings (SSSR count). The predicted molar refractivity (Wildman–Crippen MR) is 203 cm³/mol. The minimum absolute atomic E-state index is 0.00579. The quantitative estimate of drug-likeness (QED) is 0.0379. The maximum atomic E-state index is 12.4. The average molecular weight is 672 g/mol. The first-order valence-electron chi connectivity index (χ1n) is 16.8. The number of carbonyl (C=O) groups excluding carboxylic acids is 1. The lowest BCUT2D eigenvalue weighted by Gasteiger charge is -2.20. The first kappa shape index (κ1) is 37.0. The number of carboxylic acid groups (broad SMARTS) is 1. The highest BCUT2D eigenvalue weighted by Gasteiger charge is 2.17. The zero-order valence-corrected chi connectivity index (χ0v) is 28.5. The molecular formula is C41H45N5O4. The highest BCUT2D eigenvalue weighted by Crippen LogP contribution is 2.26. The fourth-order valence-electron chi connectivity index (χ4n) is 5.32. The Hall–Kier alpha value is -5.80. The van der Waals surface area contributed by atoms with E-state index in [2.05, 4.69) is 48.3 Å². The fraction of sp³-hybridized carbons (Fsp3) is 0.220. The van der Waals surface area contributed by atoms with Gasteiger partial charge in [0, 0.05) is 55.3 Å². The van der Waals surface area contributed by atoms with Crippen molar-refractivity contribution < 1.29 is 19.8 Å². The van der Waals surface area contributed by atoms with E-state index in [1.54, 1.807) is 36.6 Å². The molecule has 0 bridgehead atoms. The Morgan fingerprint density at radius 2 is 1.46 bits per heavy atom. The molecule has 6 N–H and O–H groups in total. The molecule has 0 aliphatic carbocycles. The van der Waals surface area contributed by atoms with Crippen LogP contribution in [0.3, 0.4) is 0 Å². The number of nitrogens with zero attached hydrogens (tertiary/aromatic N) is 2. The van der Waals surface area contributed by atoms with Crippen molar-refractivity contribution in [3.8, 4) is 0 Å². The van der Waals surface area contributed by atoms with Crippen molar-refractivity contribution in [1.29, 1.82) is 5.41 Å². The minimum atomic E-state index is -1.65. The summed E-state index contributed by atoms with van der Waals surface area (Å²) in [6.07, 6.45) is 4.83. The van der Waals surface area contributed by atoms with Gasteiger partial charge in [0.1, 0.15) is 0 Å². The number of rotatable bonds is 17. The van der Waals surface area contributed by atoms with Gasteiger partial charge in [-0.25, -0.2) is 4.79 Å². The molecule has 4 aromatic carbocycles. The highest BCUT2D eigenvalue weighted by molar-refractivity contribution is 6.01. The topological polar surface area (TPSA) is 152 Å². The maximum absolute atomic E-state index is 12.4. The molecule has 4 aromatic rings. The number of nitrogens with two attached hydrogens (primary N) is 1. The molecule has 50 heavy (non-hydrogen) atoms. The smallest absolute Gasteiger partial charge is 0.332 e. The molecule has 9 heteroatoms. The van der Waals surface area contributed by atoms with E-state index >= 15 is 0 Å². The van der Waals surface area contributed by atoms with Crippen molar-refractivity contribution in [3.05, 3.63) is 143 Å². The Morgan fingerprint density at radius 1 is 0.860 bits per heavy atom. The third-order valence-electron chi connectivity index (χ3n) is 8.24. The molecule has 0 saturated heterocycles. The Morgan fingerprint density at radius 3 is 2.08 bits per heavy atom. The average Bonchev–Trinajstić information content (AvgIpc) is 3.14. The summed E-state index contributed by atoms with van der Waals surface area (Å²) in [6.45, 7) is 6.65. The van der Waals surface area contributed by atoms with Crippen molar-refractivity contribution in [2.24, 2.45) is 10.7 Å². The molecule has 1 atom stereocenters. The molecule has 9 nitrogen and oxygen atoms in total. The van der Waals surface area contributed by atoms with E-state index in [0.29, 0.717) is 29.1 Å². The van der Waals surface area contributed by atoms with Gasteiger partial charge in [0.15, 0.2) is 6.10 Å². The lowest BCUT2D eigenvalue weighted by atomic mass is 10.00. The molecule has 258 valence electrons. The van der Waals surface area contributed by atoms with Crippen LogP contribution in [0.4, 0.5) is 5.69 Å². The number of nitrogens with one attached hydrogen (secondary N) is 2. The van der Waals surface area contributed by atoms with Crippen LogP contribution in [0, 0.1) is 5.41 Å². The molecule has 0 aliphatic rings. The number of carboxylic acids is 1. The van der Waals surface area contributed by atoms with Gasteiger partial charge in [-0.2, -0.15) is 0 Å². The number of aliphatic imine (C=N–C) groups is 1. The molecule has 0 aromatic heterocycles. The number of hydrogen-bond donors (Lipinski definition) is 5. The zero-order valence-electron chi connectivity index (χ0n) is 28.5. The number of aliphatic hydroxyl groups is 1. The van der Waals surface area contributed by atoms with Crippen LogP contribution in [0.1, 0.15) is 60.1 Å². The van der Waals surface area contributed by atoms with Crippen LogP contribution < -0.4 is 16.0 Å². The van der Waals surface area contributed by atoms with Crippen LogP contribution >= 0.6 is 0 Å². The van der Waals surface area contributed by atoms with E-state index in [0.717, 1.165) is 48.3 Å². The normalized spacial score (nSPS) is 12.5. The SMILES string of the molecule is CCN(CC)c1ccc(C=N/C(=C(\N)c2ccc(/C=C/C(=O)NCCCc3ccccc3)cc2)c2ccc(C(=N)CC(O)C(=O)O)cc2)cc1. The largest absolute Gasteiger partial charge is 0.479 e. The Kier molecular flexibility index (Phi) is 13.8. The number of carbonyl (C=O) groups is 2. The first-order chi connectivity index (χ1) is 24.2. The van der Waals surface area contributed by atoms with Crippen LogP contribution in [-0.4, -0.2) is 59.8 Å². The van der Waals surface area contributed by atoms with Crippen molar-refractivity contribution >= 4 is 47.0 Å². The fourth-order valence-corrected chi connectivity index (χ4v) is 5.32. The Bertz CT molecular complexity index is 1810. The lowest BCUT2D eigenvalue weighted by Crippen LogP contribution is -2.23. The van der Waals surface area contributed by atoms with Crippen LogP contribution in [0.2, 0.25) is 0 Å². The van der Waals surface area contributed by atoms with Gasteiger partial charge in [-0.3, -0.25) is 9.79 Å². The van der Waals surface area contributed by atoms with Gasteiger partial charge in [0.25, 0.3) is 0 Å². The molecule has 1 unspecified atom stereocenters. The van der Waals surface area contributed by atoms with Gasteiger partial charge in [0.2, 0.25) is 5.91 Å². The van der Waals surface area contributed by atoms with E-state index in [1.165, 1.54) is 11.6 Å². The summed E-state index contributed by atoms with van der Waals surface area (Å²) in [5.41, 5.74) is 13.7. The van der Waals surface area contributed by atoms with Crippen LogP contribution in [0.25, 0.3) is 17.5 Å². The maximum Gasteiger partial charge on any atom is 0.332 e. The number of amides is 1. The number of aliphatic hydroxyl groups excluding tert-OH is 1.